The molecule has 1 rings (SSSR count). The summed E-state index contributed by atoms with van der Waals surface area (Å²) in [7, 11) is 0. The molecule has 0 saturated carbocycles. The Morgan fingerprint density at radius 3 is 2.43 bits per heavy atom. The first kappa shape index (κ1) is 23.5. The number of aliphatic carboxylic acids is 1. The average molecular weight is 383 g/mol. The maximum Gasteiger partial charge on any atom is 0.328 e. The first-order chi connectivity index (χ1) is 13.6. The second-order valence-corrected chi connectivity index (χ2v) is 6.65. The molecule has 1 aromatic carbocycles. The Hall–Kier alpha value is -2.55. The fraction of sp³-hybridized carbons (Fsp3) is 0.400. The van der Waals surface area contributed by atoms with Crippen molar-refractivity contribution in [1.82, 2.24) is 0 Å². The van der Waals surface area contributed by atoms with Crippen LogP contribution in [0, 0.1) is 0 Å². The third kappa shape index (κ3) is 9.96. The SMILES string of the molecule is CCCCCCOc1ccccc1/C=C/C(=C/C=C/C(=C/C(=O)O)CC)CC. The minimum Gasteiger partial charge on any atom is -0.493 e. The fourth-order valence-electron chi connectivity index (χ4n) is 2.67. The highest BCUT2D eigenvalue weighted by Gasteiger charge is 2.00. The van der Waals surface area contributed by atoms with Crippen molar-refractivity contribution in [3.63, 3.8) is 0 Å². The second kappa shape index (κ2) is 14.5. The van der Waals surface area contributed by atoms with Gasteiger partial charge in [0.1, 0.15) is 5.75 Å². The van der Waals surface area contributed by atoms with E-state index >= 15 is 0 Å². The van der Waals surface area contributed by atoms with Gasteiger partial charge < -0.3 is 9.84 Å². The van der Waals surface area contributed by atoms with Crippen LogP contribution in [0.25, 0.3) is 6.08 Å². The summed E-state index contributed by atoms with van der Waals surface area (Å²) in [5.74, 6) is 0.00583. The zero-order valence-electron chi connectivity index (χ0n) is 17.5. The average Bonchev–Trinajstić information content (AvgIpc) is 2.70. The number of carboxylic acid groups (broad SMARTS) is 1. The van der Waals surface area contributed by atoms with Crippen molar-refractivity contribution in [2.75, 3.05) is 6.61 Å². The van der Waals surface area contributed by atoms with Gasteiger partial charge in [0, 0.05) is 11.6 Å². The molecule has 0 aromatic heterocycles. The molecule has 152 valence electrons. The van der Waals surface area contributed by atoms with Gasteiger partial charge in [-0.3, -0.25) is 0 Å². The molecule has 0 spiro atoms. The van der Waals surface area contributed by atoms with Gasteiger partial charge in [-0.05, 0) is 36.5 Å². The van der Waals surface area contributed by atoms with Gasteiger partial charge in [0.25, 0.3) is 0 Å². The Balaban J connectivity index is 2.77. The Morgan fingerprint density at radius 2 is 1.75 bits per heavy atom. The van der Waals surface area contributed by atoms with Gasteiger partial charge in [0.15, 0.2) is 0 Å². The van der Waals surface area contributed by atoms with E-state index in [-0.39, 0.29) is 0 Å². The molecular formula is C25H34O3. The third-order valence-electron chi connectivity index (χ3n) is 4.40. The Labute approximate surface area is 170 Å². The normalized spacial score (nSPS) is 12.8. The molecule has 0 aliphatic heterocycles. The maximum atomic E-state index is 10.8. The Morgan fingerprint density at radius 1 is 1.00 bits per heavy atom. The summed E-state index contributed by atoms with van der Waals surface area (Å²) in [5.41, 5.74) is 3.03. The number of para-hydroxylation sites is 1. The topological polar surface area (TPSA) is 46.5 Å². The number of benzene rings is 1. The largest absolute Gasteiger partial charge is 0.493 e. The van der Waals surface area contributed by atoms with E-state index in [0.717, 1.165) is 36.3 Å². The van der Waals surface area contributed by atoms with Crippen molar-refractivity contribution in [1.29, 1.82) is 0 Å². The summed E-state index contributed by atoms with van der Waals surface area (Å²) >= 11 is 0. The lowest BCUT2D eigenvalue weighted by Gasteiger charge is -2.09. The summed E-state index contributed by atoms with van der Waals surface area (Å²) in [5, 5.41) is 8.86. The van der Waals surface area contributed by atoms with E-state index in [1.165, 1.54) is 30.9 Å². The number of ether oxygens (including phenoxy) is 1. The van der Waals surface area contributed by atoms with E-state index in [0.29, 0.717) is 6.42 Å². The lowest BCUT2D eigenvalue weighted by atomic mass is 10.1. The predicted octanol–water partition coefficient (Wildman–Crippen LogP) is 6.97. The number of unbranched alkanes of at least 4 members (excludes halogenated alkanes) is 3. The molecule has 0 bridgehead atoms. The quantitative estimate of drug-likeness (QED) is 0.227. The number of hydrogen-bond donors (Lipinski definition) is 1. The molecule has 3 heteroatoms. The summed E-state index contributed by atoms with van der Waals surface area (Å²) in [6.45, 7) is 7.01. The van der Waals surface area contributed by atoms with Crippen molar-refractivity contribution in [3.05, 3.63) is 71.4 Å². The molecule has 0 radical (unpaired) electrons. The fourth-order valence-corrected chi connectivity index (χ4v) is 2.67. The summed E-state index contributed by atoms with van der Waals surface area (Å²) < 4.78 is 5.97. The first-order valence-electron chi connectivity index (χ1n) is 10.3. The van der Waals surface area contributed by atoms with Crippen LogP contribution >= 0.6 is 0 Å². The van der Waals surface area contributed by atoms with E-state index in [1.54, 1.807) is 0 Å². The van der Waals surface area contributed by atoms with Crippen LogP contribution in [0.3, 0.4) is 0 Å². The van der Waals surface area contributed by atoms with Gasteiger partial charge in [0.2, 0.25) is 0 Å². The van der Waals surface area contributed by atoms with Crippen molar-refractivity contribution >= 4 is 12.0 Å². The smallest absolute Gasteiger partial charge is 0.328 e. The lowest BCUT2D eigenvalue weighted by Crippen LogP contribution is -1.98. The third-order valence-corrected chi connectivity index (χ3v) is 4.40. The number of rotatable bonds is 13. The van der Waals surface area contributed by atoms with Gasteiger partial charge in [-0.2, -0.15) is 0 Å². The molecule has 0 atom stereocenters. The molecule has 0 saturated heterocycles. The first-order valence-corrected chi connectivity index (χ1v) is 10.3. The summed E-state index contributed by atoms with van der Waals surface area (Å²) in [6.07, 6.45) is 17.6. The highest BCUT2D eigenvalue weighted by molar-refractivity contribution is 5.81. The van der Waals surface area contributed by atoms with E-state index in [4.69, 9.17) is 9.84 Å². The molecule has 1 aromatic rings. The second-order valence-electron chi connectivity index (χ2n) is 6.65. The van der Waals surface area contributed by atoms with Crippen molar-refractivity contribution in [2.24, 2.45) is 0 Å². The molecule has 0 unspecified atom stereocenters. The van der Waals surface area contributed by atoms with Gasteiger partial charge in [-0.25, -0.2) is 4.79 Å². The van der Waals surface area contributed by atoms with Crippen LogP contribution in [0.15, 0.2) is 65.8 Å². The van der Waals surface area contributed by atoms with Crippen LogP contribution in [-0.2, 0) is 4.79 Å². The van der Waals surface area contributed by atoms with Crippen LogP contribution in [0.5, 0.6) is 5.75 Å². The van der Waals surface area contributed by atoms with Crippen molar-refractivity contribution in [3.8, 4) is 5.75 Å². The standard InChI is InChI=1S/C25H34O3/c1-4-7-8-11-19-28-24-16-10-9-15-23(24)18-17-21(5-2)13-12-14-22(6-3)20-25(26)27/h9-10,12-18,20H,4-8,11,19H2,1-3H3,(H,26,27)/b14-12+,18-17+,21-13+,22-20+. The predicted molar refractivity (Wildman–Crippen MR) is 119 cm³/mol. The molecule has 1 N–H and O–H groups in total. The minimum absolute atomic E-state index is 0.691. The zero-order valence-corrected chi connectivity index (χ0v) is 17.5. The summed E-state index contributed by atoms with van der Waals surface area (Å²) in [4.78, 5) is 10.8. The molecular weight excluding hydrogens is 348 g/mol. The van der Waals surface area contributed by atoms with Crippen molar-refractivity contribution < 1.29 is 14.6 Å². The summed E-state index contributed by atoms with van der Waals surface area (Å²) in [6, 6.07) is 8.09. The van der Waals surface area contributed by atoms with Gasteiger partial charge >= 0.3 is 5.97 Å². The lowest BCUT2D eigenvalue weighted by molar-refractivity contribution is -0.131. The van der Waals surface area contributed by atoms with E-state index < -0.39 is 5.97 Å². The Bertz CT molecular complexity index is 708. The molecule has 0 heterocycles. The highest BCUT2D eigenvalue weighted by Crippen LogP contribution is 2.21. The number of allylic oxidation sites excluding steroid dienone is 6. The van der Waals surface area contributed by atoms with Crippen LogP contribution in [0.4, 0.5) is 0 Å². The molecule has 28 heavy (non-hydrogen) atoms. The highest BCUT2D eigenvalue weighted by atomic mass is 16.5. The van der Waals surface area contributed by atoms with Crippen LogP contribution in [-0.4, -0.2) is 17.7 Å². The monoisotopic (exact) mass is 382 g/mol. The zero-order chi connectivity index (χ0) is 20.6. The van der Waals surface area contributed by atoms with E-state index in [1.807, 2.05) is 43.4 Å². The van der Waals surface area contributed by atoms with Crippen LogP contribution < -0.4 is 4.74 Å². The molecule has 0 aliphatic carbocycles. The maximum absolute atomic E-state index is 10.8. The van der Waals surface area contributed by atoms with Crippen LogP contribution in [0.2, 0.25) is 0 Å². The van der Waals surface area contributed by atoms with Gasteiger partial charge in [-0.1, -0.05) is 88.6 Å². The van der Waals surface area contributed by atoms with Gasteiger partial charge in [0.05, 0.1) is 6.61 Å². The molecule has 0 fully saturated rings. The molecule has 0 amide bonds. The van der Waals surface area contributed by atoms with Crippen LogP contribution in [0.1, 0.15) is 64.9 Å². The van der Waals surface area contributed by atoms with E-state index in [9.17, 15) is 4.79 Å². The number of hydrogen-bond acceptors (Lipinski definition) is 2. The molecule has 3 nitrogen and oxygen atoms in total. The van der Waals surface area contributed by atoms with Gasteiger partial charge in [-0.15, -0.1) is 0 Å². The Kier molecular flexibility index (Phi) is 12.2. The minimum atomic E-state index is -0.910. The van der Waals surface area contributed by atoms with Crippen molar-refractivity contribution in [2.45, 2.75) is 59.3 Å². The van der Waals surface area contributed by atoms with E-state index in [2.05, 4.69) is 32.1 Å². The number of carbonyl (C=O) groups is 1. The molecule has 0 aliphatic rings. The number of carboxylic acids is 1.